The number of carbonyl (C=O) groups excluding carboxylic acids is 1. The molecule has 0 aliphatic carbocycles. The predicted octanol–water partition coefficient (Wildman–Crippen LogP) is 1.96. The van der Waals surface area contributed by atoms with Crippen molar-refractivity contribution in [1.29, 1.82) is 0 Å². The minimum absolute atomic E-state index is 0. The van der Waals surface area contributed by atoms with Gasteiger partial charge in [-0.3, -0.25) is 9.89 Å². The summed E-state index contributed by atoms with van der Waals surface area (Å²) in [6.07, 6.45) is -1.26. The van der Waals surface area contributed by atoms with E-state index in [9.17, 15) is 4.79 Å². The first-order valence-corrected chi connectivity index (χ1v) is 5.18. The monoisotopic (exact) mass is 308 g/mol. The number of fused-ring (bicyclic) bond motifs is 1. The number of H-pyrrole nitrogens is 1. The van der Waals surface area contributed by atoms with Crippen molar-refractivity contribution in [2.45, 2.75) is 20.0 Å². The Bertz CT molecular complexity index is 480. The number of nitrogens with zero attached hydrogens (tertiary/aromatic N) is 1. The molecule has 0 saturated carbocycles. The van der Waals surface area contributed by atoms with Gasteiger partial charge in [-0.15, -0.1) is 0 Å². The van der Waals surface area contributed by atoms with E-state index in [-0.39, 0.29) is 38.4 Å². The van der Waals surface area contributed by atoms with Gasteiger partial charge in [0.15, 0.2) is 5.78 Å². The van der Waals surface area contributed by atoms with Crippen molar-refractivity contribution >= 4 is 16.7 Å². The number of hydrogen-bond donors (Lipinski definition) is 2. The summed E-state index contributed by atoms with van der Waals surface area (Å²) in [6, 6.07) is 7.24. The average molecular weight is 308 g/mol. The first-order chi connectivity index (χ1) is 7.70. The Morgan fingerprint density at radius 3 is 2.59 bits per heavy atom. The normalized spacial score (nSPS) is 11.1. The minimum Gasteiger partial charge on any atom is -0.417 e. The summed E-state index contributed by atoms with van der Waals surface area (Å²) in [5, 5.41) is 16.3. The maximum Gasteiger partial charge on any atom is 0.181 e. The Labute approximate surface area is 126 Å². The van der Waals surface area contributed by atoms with Crippen molar-refractivity contribution in [1.82, 2.24) is 10.2 Å². The van der Waals surface area contributed by atoms with Crippen molar-refractivity contribution in [3.05, 3.63) is 36.9 Å². The molecule has 1 aromatic carbocycles. The van der Waals surface area contributed by atoms with Gasteiger partial charge in [0.1, 0.15) is 5.69 Å². The molecule has 1 heterocycles. The Morgan fingerprint density at radius 2 is 2.00 bits per heavy atom. The van der Waals surface area contributed by atoms with Crippen molar-refractivity contribution in [2.24, 2.45) is 0 Å². The van der Waals surface area contributed by atoms with Crippen LogP contribution < -0.4 is 0 Å². The number of carbonyl (C=O) groups is 1. The molecule has 89 valence electrons. The standard InChI is InChI=1S/C10H9N2O2.C2H6.Y/c1-6(13)10(14)9-7-4-2-3-5-8(7)11-12-9;1-2;/h2-6,13H,1H2,(H,11,12);1-2H3;/q-1;;. The number of nitrogens with one attached hydrogen (secondary N) is 1. The number of benzene rings is 1. The topological polar surface area (TPSA) is 66.0 Å². The number of ketones is 1. The van der Waals surface area contributed by atoms with Crippen LogP contribution in [0.5, 0.6) is 0 Å². The van der Waals surface area contributed by atoms with Gasteiger partial charge < -0.3 is 12.0 Å². The predicted molar refractivity (Wildman–Crippen MR) is 63.1 cm³/mol. The van der Waals surface area contributed by atoms with Crippen molar-refractivity contribution in [3.8, 4) is 0 Å². The van der Waals surface area contributed by atoms with Crippen LogP contribution in [-0.4, -0.2) is 27.2 Å². The second-order valence-corrected chi connectivity index (χ2v) is 3.00. The zero-order chi connectivity index (χ0) is 12.1. The minimum atomic E-state index is -1.26. The maximum atomic E-state index is 11.4. The molecule has 2 rings (SSSR count). The largest absolute Gasteiger partial charge is 0.417 e. The van der Waals surface area contributed by atoms with Crippen molar-refractivity contribution < 1.29 is 42.6 Å². The van der Waals surface area contributed by atoms with E-state index < -0.39 is 11.9 Å². The number of aliphatic hydroxyl groups excluding tert-OH is 1. The number of para-hydroxylation sites is 1. The number of rotatable bonds is 2. The van der Waals surface area contributed by atoms with Gasteiger partial charge in [0.2, 0.25) is 0 Å². The third-order valence-corrected chi connectivity index (χ3v) is 2.01. The van der Waals surface area contributed by atoms with Crippen molar-refractivity contribution in [2.75, 3.05) is 0 Å². The van der Waals surface area contributed by atoms with Gasteiger partial charge in [0.05, 0.1) is 5.52 Å². The molecular weight excluding hydrogens is 293 g/mol. The molecule has 0 aliphatic rings. The number of aromatic nitrogens is 2. The molecule has 2 aromatic rings. The van der Waals surface area contributed by atoms with Gasteiger partial charge >= 0.3 is 0 Å². The van der Waals surface area contributed by atoms with Crippen LogP contribution >= 0.6 is 0 Å². The fourth-order valence-corrected chi connectivity index (χ4v) is 1.31. The molecule has 5 heteroatoms. The SMILES string of the molecule is CC.[CH2-]C(O)C(=O)c1n[nH]c2ccccc12.[Y]. The molecule has 2 N–H and O–H groups in total. The zero-order valence-electron chi connectivity index (χ0n) is 9.97. The van der Waals surface area contributed by atoms with E-state index >= 15 is 0 Å². The van der Waals surface area contributed by atoms with E-state index in [0.29, 0.717) is 5.39 Å². The zero-order valence-corrected chi connectivity index (χ0v) is 12.8. The molecule has 0 saturated heterocycles. The molecule has 0 bridgehead atoms. The molecule has 17 heavy (non-hydrogen) atoms. The van der Waals surface area contributed by atoms with Gasteiger partial charge in [0, 0.05) is 38.1 Å². The summed E-state index contributed by atoms with van der Waals surface area (Å²) in [5.74, 6) is -0.470. The molecule has 0 fully saturated rings. The first kappa shape index (κ1) is 16.4. The Kier molecular flexibility index (Phi) is 7.43. The van der Waals surface area contributed by atoms with Crippen LogP contribution in [0.15, 0.2) is 24.3 Å². The maximum absolute atomic E-state index is 11.4. The molecule has 0 amide bonds. The number of Topliss-reactive ketones (excluding diaryl/α,β-unsaturated/α-hetero) is 1. The molecule has 1 aromatic heterocycles. The van der Waals surface area contributed by atoms with Crippen LogP contribution in [0.25, 0.3) is 10.9 Å². The number of aliphatic hydroxyl groups is 1. The van der Waals surface area contributed by atoms with Crippen LogP contribution in [0.3, 0.4) is 0 Å². The first-order valence-electron chi connectivity index (χ1n) is 5.18. The van der Waals surface area contributed by atoms with E-state index in [1.807, 2.05) is 32.0 Å². The van der Waals surface area contributed by atoms with E-state index in [4.69, 9.17) is 5.11 Å². The van der Waals surface area contributed by atoms with E-state index in [1.54, 1.807) is 6.07 Å². The Morgan fingerprint density at radius 1 is 1.41 bits per heavy atom. The molecule has 4 nitrogen and oxygen atoms in total. The van der Waals surface area contributed by atoms with E-state index in [2.05, 4.69) is 17.1 Å². The summed E-state index contributed by atoms with van der Waals surface area (Å²) in [7, 11) is 0. The van der Waals surface area contributed by atoms with E-state index in [1.165, 1.54) is 0 Å². The number of aromatic amines is 1. The average Bonchev–Trinajstić information content (AvgIpc) is 2.74. The van der Waals surface area contributed by atoms with Crippen LogP contribution in [0, 0.1) is 6.92 Å². The van der Waals surface area contributed by atoms with Crippen molar-refractivity contribution in [3.63, 3.8) is 0 Å². The summed E-state index contributed by atoms with van der Waals surface area (Å²) >= 11 is 0. The van der Waals surface area contributed by atoms with Crippen LogP contribution in [0.2, 0.25) is 0 Å². The quantitative estimate of drug-likeness (QED) is 0.658. The molecular formula is C12H15N2O2Y-. The summed E-state index contributed by atoms with van der Waals surface area (Å²) in [5.41, 5.74) is 1.01. The third-order valence-electron chi connectivity index (χ3n) is 2.01. The summed E-state index contributed by atoms with van der Waals surface area (Å²) in [4.78, 5) is 11.4. The Balaban J connectivity index is 0.000000811. The Hall–Kier alpha value is -0.576. The van der Waals surface area contributed by atoms with Gasteiger partial charge in [0.25, 0.3) is 0 Å². The fourth-order valence-electron chi connectivity index (χ4n) is 1.31. The van der Waals surface area contributed by atoms with Gasteiger partial charge in [-0.25, -0.2) is 0 Å². The molecule has 1 radical (unpaired) electrons. The van der Waals surface area contributed by atoms with Crippen LogP contribution in [-0.2, 0) is 32.7 Å². The molecule has 0 spiro atoms. The smallest absolute Gasteiger partial charge is 0.181 e. The second kappa shape index (κ2) is 7.69. The van der Waals surface area contributed by atoms with Gasteiger partial charge in [-0.05, 0) is 12.2 Å². The van der Waals surface area contributed by atoms with Gasteiger partial charge in [-0.1, -0.05) is 32.0 Å². The summed E-state index contributed by atoms with van der Waals surface area (Å²) < 4.78 is 0. The molecule has 1 unspecified atom stereocenters. The molecule has 1 atom stereocenters. The molecule has 0 aliphatic heterocycles. The van der Waals surface area contributed by atoms with Gasteiger partial charge in [-0.2, -0.15) is 5.10 Å². The summed E-state index contributed by atoms with van der Waals surface area (Å²) in [6.45, 7) is 7.25. The fraction of sp³-hybridized carbons (Fsp3) is 0.250. The third kappa shape index (κ3) is 3.70. The van der Waals surface area contributed by atoms with Crippen LogP contribution in [0.4, 0.5) is 0 Å². The van der Waals surface area contributed by atoms with Crippen LogP contribution in [0.1, 0.15) is 24.3 Å². The second-order valence-electron chi connectivity index (χ2n) is 3.00. The van der Waals surface area contributed by atoms with E-state index in [0.717, 1.165) is 5.52 Å². The number of hydrogen-bond acceptors (Lipinski definition) is 3.